The van der Waals surface area contributed by atoms with Gasteiger partial charge in [0.25, 0.3) is 0 Å². The molecule has 9 heavy (non-hydrogen) atoms. The monoisotopic (exact) mass is 191 g/mol. The van der Waals surface area contributed by atoms with E-state index in [1.165, 1.54) is 12.3 Å². The molecule has 1 nitrogen and oxygen atoms in total. The van der Waals surface area contributed by atoms with Crippen molar-refractivity contribution in [3.05, 3.63) is 24.2 Å². The molecule has 1 aliphatic heterocycles. The van der Waals surface area contributed by atoms with Gasteiger partial charge < -0.3 is 4.90 Å². The molecule has 0 spiro atoms. The van der Waals surface area contributed by atoms with E-state index in [1.807, 2.05) is 7.05 Å². The van der Waals surface area contributed by atoms with Crippen molar-refractivity contribution in [3.8, 4) is 0 Å². The zero-order valence-corrected chi connectivity index (χ0v) is 6.60. The lowest BCUT2D eigenvalue weighted by Gasteiger charge is -2.20. The predicted molar refractivity (Wildman–Crippen MR) is 38.8 cm³/mol. The summed E-state index contributed by atoms with van der Waals surface area (Å²) in [5, 5.41) is 0. The average Bonchev–Trinajstić information content (AvgIpc) is 1.80. The number of hydrogen-bond donors (Lipinski definition) is 0. The van der Waals surface area contributed by atoms with Gasteiger partial charge >= 0.3 is 0 Å². The van der Waals surface area contributed by atoms with Gasteiger partial charge in [0.2, 0.25) is 0 Å². The van der Waals surface area contributed by atoms with Crippen LogP contribution in [0.3, 0.4) is 0 Å². The van der Waals surface area contributed by atoms with Crippen molar-refractivity contribution in [2.24, 2.45) is 0 Å². The van der Waals surface area contributed by atoms with E-state index in [0.717, 1.165) is 0 Å². The van der Waals surface area contributed by atoms with Crippen molar-refractivity contribution in [2.75, 3.05) is 7.05 Å². The molecule has 3 heteroatoms. The Labute approximate surface area is 62.0 Å². The number of hydrogen-bond acceptors (Lipinski definition) is 1. The van der Waals surface area contributed by atoms with Gasteiger partial charge in [0.05, 0.1) is 0 Å². The number of likely N-dealkylation sites (N-methyl/N-ethyl adjacent to an activating group) is 1. The Balaban J connectivity index is 2.70. The van der Waals surface area contributed by atoms with Crippen molar-refractivity contribution in [3.63, 3.8) is 0 Å². The van der Waals surface area contributed by atoms with Crippen LogP contribution in [0.2, 0.25) is 0 Å². The molecule has 0 aromatic heterocycles. The molecule has 50 valence electrons. The van der Waals surface area contributed by atoms with Gasteiger partial charge in [0.15, 0.2) is 0 Å². The first-order valence-electron chi connectivity index (χ1n) is 2.61. The first-order valence-corrected chi connectivity index (χ1v) is 3.53. The van der Waals surface area contributed by atoms with Gasteiger partial charge in [-0.3, -0.25) is 0 Å². The lowest BCUT2D eigenvalue weighted by Crippen LogP contribution is -2.20. The van der Waals surface area contributed by atoms with Crippen molar-refractivity contribution in [2.45, 2.75) is 4.95 Å². The molecule has 0 aromatic carbocycles. The van der Waals surface area contributed by atoms with Gasteiger partial charge in [0.1, 0.15) is 10.8 Å². The van der Waals surface area contributed by atoms with Gasteiger partial charge in [-0.2, -0.15) is 0 Å². The molecule has 1 heterocycles. The quantitative estimate of drug-likeness (QED) is 0.419. The van der Waals surface area contributed by atoms with Gasteiger partial charge in [-0.05, 0) is 12.2 Å². The molecular formula is C6H7BrFN. The summed E-state index contributed by atoms with van der Waals surface area (Å²) in [5.41, 5.74) is 0. The van der Waals surface area contributed by atoms with Gasteiger partial charge in [-0.15, -0.1) is 0 Å². The van der Waals surface area contributed by atoms with Crippen LogP contribution in [0.15, 0.2) is 24.2 Å². The van der Waals surface area contributed by atoms with Crippen LogP contribution in [-0.2, 0) is 0 Å². The molecule has 0 saturated heterocycles. The molecule has 1 aliphatic rings. The standard InChI is InChI=1S/C6H7BrFN/c1-9-4-5(8)2-3-6(9)7/h2-4,6H,1H3. The Hall–Kier alpha value is -0.310. The SMILES string of the molecule is CN1C=C(F)C=CC1Br. The summed E-state index contributed by atoms with van der Waals surface area (Å²) in [6.07, 6.45) is 4.63. The molecule has 1 rings (SSSR count). The molecule has 0 aliphatic carbocycles. The second kappa shape index (κ2) is 2.52. The zero-order valence-electron chi connectivity index (χ0n) is 5.01. The normalized spacial score (nSPS) is 26.3. The fourth-order valence-corrected chi connectivity index (χ4v) is 0.887. The highest BCUT2D eigenvalue weighted by Gasteiger charge is 2.08. The first-order chi connectivity index (χ1) is 4.20. The van der Waals surface area contributed by atoms with Crippen LogP contribution in [0.1, 0.15) is 0 Å². The summed E-state index contributed by atoms with van der Waals surface area (Å²) in [6.45, 7) is 0. The Morgan fingerprint density at radius 2 is 2.44 bits per heavy atom. The van der Waals surface area contributed by atoms with Crippen LogP contribution < -0.4 is 0 Å². The molecule has 1 atom stereocenters. The Morgan fingerprint density at radius 3 is 2.89 bits per heavy atom. The lowest BCUT2D eigenvalue weighted by atomic mass is 10.3. The van der Waals surface area contributed by atoms with E-state index in [4.69, 9.17) is 0 Å². The van der Waals surface area contributed by atoms with Gasteiger partial charge in [-0.1, -0.05) is 15.9 Å². The molecule has 0 saturated carbocycles. The smallest absolute Gasteiger partial charge is 0.138 e. The molecule has 0 aromatic rings. The van der Waals surface area contributed by atoms with Crippen molar-refractivity contribution in [1.82, 2.24) is 4.90 Å². The van der Waals surface area contributed by atoms with E-state index >= 15 is 0 Å². The topological polar surface area (TPSA) is 3.24 Å². The fourth-order valence-electron chi connectivity index (χ4n) is 0.616. The van der Waals surface area contributed by atoms with Crippen molar-refractivity contribution in [1.29, 1.82) is 0 Å². The Morgan fingerprint density at radius 1 is 1.78 bits per heavy atom. The second-order valence-corrected chi connectivity index (χ2v) is 2.85. The molecule has 0 radical (unpaired) electrons. The number of rotatable bonds is 0. The highest BCUT2D eigenvalue weighted by Crippen LogP contribution is 2.16. The summed E-state index contributed by atoms with van der Waals surface area (Å²) in [5.74, 6) is -0.201. The number of allylic oxidation sites excluding steroid dienone is 2. The molecule has 0 N–H and O–H groups in total. The Kier molecular flexibility index (Phi) is 1.90. The maximum atomic E-state index is 12.3. The molecule has 0 amide bonds. The van der Waals surface area contributed by atoms with Crippen molar-refractivity contribution < 1.29 is 4.39 Å². The van der Waals surface area contributed by atoms with E-state index in [1.54, 1.807) is 11.0 Å². The summed E-state index contributed by atoms with van der Waals surface area (Å²) < 4.78 is 12.3. The third-order valence-corrected chi connectivity index (χ3v) is 2.08. The Bertz CT molecular complexity index is 164. The fraction of sp³-hybridized carbons (Fsp3) is 0.333. The highest BCUT2D eigenvalue weighted by molar-refractivity contribution is 9.09. The van der Waals surface area contributed by atoms with Crippen LogP contribution in [-0.4, -0.2) is 16.9 Å². The van der Waals surface area contributed by atoms with Crippen LogP contribution in [0.25, 0.3) is 0 Å². The number of alkyl halides is 1. The van der Waals surface area contributed by atoms with Crippen LogP contribution in [0.5, 0.6) is 0 Å². The first kappa shape index (κ1) is 6.81. The van der Waals surface area contributed by atoms with Gasteiger partial charge in [0, 0.05) is 13.2 Å². The van der Waals surface area contributed by atoms with E-state index in [-0.39, 0.29) is 10.8 Å². The maximum Gasteiger partial charge on any atom is 0.138 e. The van der Waals surface area contributed by atoms with Crippen LogP contribution >= 0.6 is 15.9 Å². The van der Waals surface area contributed by atoms with E-state index in [9.17, 15) is 4.39 Å². The average molecular weight is 192 g/mol. The van der Waals surface area contributed by atoms with Gasteiger partial charge in [-0.25, -0.2) is 4.39 Å². The summed E-state index contributed by atoms with van der Waals surface area (Å²) in [7, 11) is 1.81. The number of nitrogens with zero attached hydrogens (tertiary/aromatic N) is 1. The maximum absolute atomic E-state index is 12.3. The summed E-state index contributed by atoms with van der Waals surface area (Å²) in [6, 6.07) is 0. The number of halogens is 2. The van der Waals surface area contributed by atoms with E-state index in [0.29, 0.717) is 0 Å². The lowest BCUT2D eigenvalue weighted by molar-refractivity contribution is 0.454. The van der Waals surface area contributed by atoms with E-state index < -0.39 is 0 Å². The third-order valence-electron chi connectivity index (χ3n) is 1.13. The minimum Gasteiger partial charge on any atom is -0.362 e. The molecular weight excluding hydrogens is 185 g/mol. The molecule has 0 bridgehead atoms. The highest BCUT2D eigenvalue weighted by atomic mass is 79.9. The predicted octanol–water partition coefficient (Wildman–Crippen LogP) is 2.02. The summed E-state index contributed by atoms with van der Waals surface area (Å²) in [4.78, 5) is 1.88. The molecule has 1 unspecified atom stereocenters. The van der Waals surface area contributed by atoms with Crippen LogP contribution in [0.4, 0.5) is 4.39 Å². The van der Waals surface area contributed by atoms with E-state index in [2.05, 4.69) is 15.9 Å². The van der Waals surface area contributed by atoms with Crippen LogP contribution in [0, 0.1) is 0 Å². The zero-order chi connectivity index (χ0) is 6.85. The van der Waals surface area contributed by atoms with Crippen molar-refractivity contribution >= 4 is 15.9 Å². The largest absolute Gasteiger partial charge is 0.362 e. The minimum absolute atomic E-state index is 0.136. The minimum atomic E-state index is -0.201. The third kappa shape index (κ3) is 1.55. The summed E-state index contributed by atoms with van der Waals surface area (Å²) >= 11 is 3.31. The second-order valence-electron chi connectivity index (χ2n) is 1.91. The molecule has 0 fully saturated rings.